The van der Waals surface area contributed by atoms with E-state index in [1.54, 1.807) is 19.2 Å². The molecule has 0 fully saturated rings. The Labute approximate surface area is 158 Å². The molecule has 3 rings (SSSR count). The number of nitrogens with one attached hydrogen (secondary N) is 1. The number of halogens is 2. The number of nitrogens with two attached hydrogens (primary N) is 2. The van der Waals surface area contributed by atoms with Crippen LogP contribution in [0.2, 0.25) is 5.02 Å². The highest BCUT2D eigenvalue weighted by atomic mass is 35.5. The first-order chi connectivity index (χ1) is 12.9. The van der Waals surface area contributed by atoms with Gasteiger partial charge in [0, 0.05) is 29.9 Å². The van der Waals surface area contributed by atoms with E-state index < -0.39 is 11.7 Å². The van der Waals surface area contributed by atoms with E-state index in [-0.39, 0.29) is 27.8 Å². The molecule has 3 aromatic rings. The molecule has 8 nitrogen and oxygen atoms in total. The van der Waals surface area contributed by atoms with Gasteiger partial charge in [-0.1, -0.05) is 17.7 Å². The van der Waals surface area contributed by atoms with Gasteiger partial charge in [0.05, 0.1) is 11.2 Å². The molecule has 0 aliphatic heterocycles. The van der Waals surface area contributed by atoms with E-state index in [2.05, 4.69) is 20.5 Å². The van der Waals surface area contributed by atoms with Gasteiger partial charge in [0.15, 0.2) is 11.7 Å². The SMILES string of the molecule is Cn1ncc(-c2ccc(C(=O)Nc3ncccc3Cl)cc2F)c1/C(N)=N/N. The molecule has 0 saturated carbocycles. The second-order valence-corrected chi connectivity index (χ2v) is 5.93. The Morgan fingerprint density at radius 2 is 2.11 bits per heavy atom. The van der Waals surface area contributed by atoms with Gasteiger partial charge in [-0.3, -0.25) is 9.48 Å². The highest BCUT2D eigenvalue weighted by Gasteiger charge is 2.19. The maximum absolute atomic E-state index is 14.7. The zero-order chi connectivity index (χ0) is 19.6. The molecule has 2 aromatic heterocycles. The zero-order valence-electron chi connectivity index (χ0n) is 14.1. The van der Waals surface area contributed by atoms with Crippen molar-refractivity contribution in [2.24, 2.45) is 23.7 Å². The van der Waals surface area contributed by atoms with Crippen LogP contribution in [0, 0.1) is 5.82 Å². The van der Waals surface area contributed by atoms with E-state index in [9.17, 15) is 9.18 Å². The number of hydrogen-bond acceptors (Lipinski definition) is 5. The Morgan fingerprint density at radius 3 is 2.78 bits per heavy atom. The van der Waals surface area contributed by atoms with Gasteiger partial charge >= 0.3 is 0 Å². The van der Waals surface area contributed by atoms with Gasteiger partial charge in [0.25, 0.3) is 5.91 Å². The van der Waals surface area contributed by atoms with Crippen molar-refractivity contribution in [2.75, 3.05) is 5.32 Å². The first-order valence-corrected chi connectivity index (χ1v) is 8.07. The first-order valence-electron chi connectivity index (χ1n) is 7.70. The Morgan fingerprint density at radius 1 is 1.33 bits per heavy atom. The van der Waals surface area contributed by atoms with Crippen LogP contribution in [0.15, 0.2) is 47.8 Å². The van der Waals surface area contributed by atoms with E-state index in [0.717, 1.165) is 6.07 Å². The van der Waals surface area contributed by atoms with E-state index in [4.69, 9.17) is 23.2 Å². The molecule has 138 valence electrons. The van der Waals surface area contributed by atoms with Gasteiger partial charge in [-0.05, 0) is 24.3 Å². The lowest BCUT2D eigenvalue weighted by Crippen LogP contribution is -2.20. The van der Waals surface area contributed by atoms with Crippen molar-refractivity contribution < 1.29 is 9.18 Å². The number of aryl methyl sites for hydroxylation is 1. The second kappa shape index (κ2) is 7.42. The Hall–Kier alpha value is -3.46. The molecule has 0 aliphatic carbocycles. The molecular formula is C17H15ClFN7O. The van der Waals surface area contributed by atoms with Gasteiger partial charge in [-0.2, -0.15) is 10.2 Å². The van der Waals surface area contributed by atoms with Crippen molar-refractivity contribution in [1.29, 1.82) is 0 Å². The molecule has 0 spiro atoms. The summed E-state index contributed by atoms with van der Waals surface area (Å²) in [5, 5.41) is 10.3. The van der Waals surface area contributed by atoms with Gasteiger partial charge < -0.3 is 16.9 Å². The maximum Gasteiger partial charge on any atom is 0.256 e. The summed E-state index contributed by atoms with van der Waals surface area (Å²) in [6.07, 6.45) is 2.93. The lowest BCUT2D eigenvalue weighted by molar-refractivity contribution is 0.102. The number of hydrogen-bond donors (Lipinski definition) is 3. The standard InChI is InChI=1S/C17H15ClFN7O/c1-26-14(15(20)25-21)11(8-23-26)10-5-4-9(7-13(10)19)17(27)24-16-12(18)3-2-6-22-16/h2-8H,21H2,1H3,(H2,20,25)(H,22,24,27). The van der Waals surface area contributed by atoms with Crippen LogP contribution >= 0.6 is 11.6 Å². The van der Waals surface area contributed by atoms with Crippen molar-refractivity contribution >= 4 is 29.2 Å². The number of pyridine rings is 1. The first kappa shape index (κ1) is 18.3. The average Bonchev–Trinajstić information content (AvgIpc) is 3.04. The highest BCUT2D eigenvalue weighted by molar-refractivity contribution is 6.33. The fourth-order valence-electron chi connectivity index (χ4n) is 2.53. The summed E-state index contributed by atoms with van der Waals surface area (Å²) in [6, 6.07) is 7.25. The second-order valence-electron chi connectivity index (χ2n) is 5.53. The third kappa shape index (κ3) is 3.58. The zero-order valence-corrected chi connectivity index (χ0v) is 14.9. The van der Waals surface area contributed by atoms with Crippen LogP contribution in [-0.4, -0.2) is 26.5 Å². The normalized spacial score (nSPS) is 11.4. The van der Waals surface area contributed by atoms with Crippen molar-refractivity contribution in [1.82, 2.24) is 14.8 Å². The third-order valence-electron chi connectivity index (χ3n) is 3.83. The number of benzene rings is 1. The van der Waals surface area contributed by atoms with Crippen LogP contribution in [0.1, 0.15) is 16.1 Å². The van der Waals surface area contributed by atoms with Crippen LogP contribution < -0.4 is 16.9 Å². The summed E-state index contributed by atoms with van der Waals surface area (Å²) >= 11 is 5.96. The number of rotatable bonds is 4. The molecule has 1 amide bonds. The van der Waals surface area contributed by atoms with Crippen molar-refractivity contribution in [3.63, 3.8) is 0 Å². The predicted molar refractivity (Wildman–Crippen MR) is 101 cm³/mol. The number of carbonyl (C=O) groups is 1. The summed E-state index contributed by atoms with van der Waals surface area (Å²) in [7, 11) is 1.63. The molecule has 10 heteroatoms. The molecule has 0 saturated heterocycles. The molecular weight excluding hydrogens is 373 g/mol. The topological polar surface area (TPSA) is 124 Å². The Bertz CT molecular complexity index is 1050. The number of aromatic nitrogens is 3. The number of nitrogens with zero attached hydrogens (tertiary/aromatic N) is 4. The van der Waals surface area contributed by atoms with Crippen molar-refractivity contribution in [3.05, 3.63) is 64.8 Å². The van der Waals surface area contributed by atoms with E-state index in [1.165, 1.54) is 29.2 Å². The van der Waals surface area contributed by atoms with Gasteiger partial charge in [-0.25, -0.2) is 9.37 Å². The van der Waals surface area contributed by atoms with Gasteiger partial charge in [0.2, 0.25) is 0 Å². The molecule has 2 heterocycles. The van der Waals surface area contributed by atoms with Gasteiger partial charge in [-0.15, -0.1) is 0 Å². The number of amidine groups is 1. The summed E-state index contributed by atoms with van der Waals surface area (Å²) in [6.45, 7) is 0. The minimum atomic E-state index is -0.631. The summed E-state index contributed by atoms with van der Waals surface area (Å²) in [5.74, 6) is 4.25. The molecule has 0 unspecified atom stereocenters. The smallest absolute Gasteiger partial charge is 0.256 e. The Kier molecular flexibility index (Phi) is 5.04. The minimum absolute atomic E-state index is 0.0102. The van der Waals surface area contributed by atoms with Crippen LogP contribution in [0.25, 0.3) is 11.1 Å². The lowest BCUT2D eigenvalue weighted by Gasteiger charge is -2.09. The lowest BCUT2D eigenvalue weighted by atomic mass is 10.0. The van der Waals surface area contributed by atoms with Crippen LogP contribution in [0.5, 0.6) is 0 Å². The van der Waals surface area contributed by atoms with Gasteiger partial charge in [0.1, 0.15) is 11.5 Å². The summed E-state index contributed by atoms with van der Waals surface area (Å²) in [5.41, 5.74) is 6.84. The Balaban J connectivity index is 1.93. The molecule has 0 atom stereocenters. The molecule has 0 bridgehead atoms. The molecule has 5 N–H and O–H groups in total. The summed E-state index contributed by atoms with van der Waals surface area (Å²) < 4.78 is 16.1. The van der Waals surface area contributed by atoms with Crippen LogP contribution in [-0.2, 0) is 7.05 Å². The van der Waals surface area contributed by atoms with Crippen molar-refractivity contribution in [2.45, 2.75) is 0 Å². The predicted octanol–water partition coefficient (Wildman–Crippen LogP) is 2.11. The van der Waals surface area contributed by atoms with E-state index in [1.807, 2.05) is 0 Å². The number of hydrazone groups is 1. The van der Waals surface area contributed by atoms with Crippen LogP contribution in [0.4, 0.5) is 10.2 Å². The van der Waals surface area contributed by atoms with Crippen molar-refractivity contribution in [3.8, 4) is 11.1 Å². The van der Waals surface area contributed by atoms with E-state index in [0.29, 0.717) is 11.3 Å². The largest absolute Gasteiger partial charge is 0.380 e. The number of carbonyl (C=O) groups excluding carboxylic acids is 1. The fraction of sp³-hybridized carbons (Fsp3) is 0.0588. The molecule has 1 aromatic carbocycles. The third-order valence-corrected chi connectivity index (χ3v) is 4.14. The minimum Gasteiger partial charge on any atom is -0.380 e. The quantitative estimate of drug-likeness (QED) is 0.274. The highest BCUT2D eigenvalue weighted by Crippen LogP contribution is 2.27. The number of anilines is 1. The molecule has 0 aliphatic rings. The monoisotopic (exact) mass is 387 g/mol. The fourth-order valence-corrected chi connectivity index (χ4v) is 2.70. The average molecular weight is 388 g/mol. The summed E-state index contributed by atoms with van der Waals surface area (Å²) in [4.78, 5) is 16.3. The maximum atomic E-state index is 14.7. The number of amides is 1. The van der Waals surface area contributed by atoms with E-state index >= 15 is 0 Å². The van der Waals surface area contributed by atoms with Crippen LogP contribution in [0.3, 0.4) is 0 Å². The molecule has 27 heavy (non-hydrogen) atoms. The molecule has 0 radical (unpaired) electrons.